The average Bonchev–Trinajstić information content (AvgIpc) is 2.43. The van der Waals surface area contributed by atoms with Gasteiger partial charge in [0.1, 0.15) is 0 Å². The number of Topliss-reactive ketones (excluding diaryl/α,β-unsaturated/α-hetero) is 1. The van der Waals surface area contributed by atoms with Gasteiger partial charge >= 0.3 is 0 Å². The molecule has 1 aliphatic heterocycles. The molecule has 0 aliphatic carbocycles. The first-order valence-corrected chi connectivity index (χ1v) is 4.41. The third-order valence-corrected chi connectivity index (χ3v) is 2.34. The Kier molecular flexibility index (Phi) is 1.77. The summed E-state index contributed by atoms with van der Waals surface area (Å²) in [5.41, 5.74) is 7.17. The van der Waals surface area contributed by atoms with Crippen molar-refractivity contribution in [3.63, 3.8) is 0 Å². The zero-order valence-corrected chi connectivity index (χ0v) is 7.78. The molecule has 14 heavy (non-hydrogen) atoms. The minimum absolute atomic E-state index is 0.414. The average molecular weight is 190 g/mol. The van der Waals surface area contributed by atoms with Crippen LogP contribution in [0.25, 0.3) is 0 Å². The Balaban J connectivity index is 2.68. The summed E-state index contributed by atoms with van der Waals surface area (Å²) in [6, 6.07) is 4.99. The first-order valence-electron chi connectivity index (χ1n) is 4.41. The Labute approximate surface area is 81.3 Å². The second kappa shape index (κ2) is 2.83. The number of likely N-dealkylation sites (N-methyl/N-ethyl adjacent to an activating group) is 1. The lowest BCUT2D eigenvalue weighted by Gasteiger charge is -2.14. The van der Waals surface area contributed by atoms with Gasteiger partial charge in [-0.05, 0) is 19.1 Å². The van der Waals surface area contributed by atoms with Gasteiger partial charge in [0.25, 0.3) is 11.7 Å². The van der Waals surface area contributed by atoms with Crippen LogP contribution in [0.1, 0.15) is 17.3 Å². The van der Waals surface area contributed by atoms with Gasteiger partial charge in [-0.3, -0.25) is 9.59 Å². The van der Waals surface area contributed by atoms with Gasteiger partial charge in [0.05, 0.1) is 16.9 Å². The van der Waals surface area contributed by atoms with Crippen LogP contribution in [0, 0.1) is 0 Å². The molecule has 1 aromatic carbocycles. The normalized spacial score (nSPS) is 14.8. The monoisotopic (exact) mass is 190 g/mol. The molecule has 0 saturated heterocycles. The Morgan fingerprint density at radius 2 is 2.07 bits per heavy atom. The van der Waals surface area contributed by atoms with Crippen molar-refractivity contribution in [2.75, 3.05) is 17.2 Å². The van der Waals surface area contributed by atoms with Crippen LogP contribution in [-0.4, -0.2) is 18.2 Å². The fourth-order valence-electron chi connectivity index (χ4n) is 1.69. The molecule has 0 fully saturated rings. The first-order chi connectivity index (χ1) is 6.66. The molecule has 0 bridgehead atoms. The number of fused-ring (bicyclic) bond motifs is 1. The van der Waals surface area contributed by atoms with E-state index in [9.17, 15) is 9.59 Å². The summed E-state index contributed by atoms with van der Waals surface area (Å²) < 4.78 is 0. The number of nitrogens with two attached hydrogens (primary N) is 1. The summed E-state index contributed by atoms with van der Waals surface area (Å²) in [6.07, 6.45) is 0. The van der Waals surface area contributed by atoms with Crippen molar-refractivity contribution in [2.24, 2.45) is 0 Å². The van der Waals surface area contributed by atoms with Crippen LogP contribution in [0.2, 0.25) is 0 Å². The van der Waals surface area contributed by atoms with Crippen molar-refractivity contribution in [1.29, 1.82) is 0 Å². The largest absolute Gasteiger partial charge is 0.397 e. The zero-order valence-electron chi connectivity index (χ0n) is 7.78. The number of benzene rings is 1. The molecule has 4 nitrogen and oxygen atoms in total. The number of nitrogen functional groups attached to an aromatic ring is 1. The number of nitrogens with zero attached hydrogens (tertiary/aromatic N) is 1. The van der Waals surface area contributed by atoms with Gasteiger partial charge in [0, 0.05) is 6.54 Å². The van der Waals surface area contributed by atoms with E-state index < -0.39 is 11.7 Å². The molecule has 0 radical (unpaired) electrons. The smallest absolute Gasteiger partial charge is 0.299 e. The SMILES string of the molecule is CCN1C(=O)C(=O)c2cccc(N)c21. The van der Waals surface area contributed by atoms with Crippen molar-refractivity contribution in [3.8, 4) is 0 Å². The molecule has 1 amide bonds. The van der Waals surface area contributed by atoms with Gasteiger partial charge in [-0.1, -0.05) is 6.07 Å². The van der Waals surface area contributed by atoms with E-state index in [4.69, 9.17) is 5.73 Å². The quantitative estimate of drug-likeness (QED) is 0.526. The van der Waals surface area contributed by atoms with Crippen LogP contribution >= 0.6 is 0 Å². The Hall–Kier alpha value is -1.84. The van der Waals surface area contributed by atoms with Crippen LogP contribution in [0.4, 0.5) is 11.4 Å². The molecule has 0 atom stereocenters. The van der Waals surface area contributed by atoms with Gasteiger partial charge in [-0.25, -0.2) is 0 Å². The van der Waals surface area contributed by atoms with Gasteiger partial charge in [-0.2, -0.15) is 0 Å². The third-order valence-electron chi connectivity index (χ3n) is 2.34. The minimum Gasteiger partial charge on any atom is -0.397 e. The summed E-state index contributed by atoms with van der Waals surface area (Å²) in [7, 11) is 0. The molecule has 0 spiro atoms. The van der Waals surface area contributed by atoms with Crippen LogP contribution < -0.4 is 10.6 Å². The number of para-hydroxylation sites is 1. The fourth-order valence-corrected chi connectivity index (χ4v) is 1.69. The zero-order chi connectivity index (χ0) is 10.3. The standard InChI is InChI=1S/C10H10N2O2/c1-2-12-8-6(9(13)10(12)14)4-3-5-7(8)11/h3-5H,2,11H2,1H3. The van der Waals surface area contributed by atoms with Crippen molar-refractivity contribution in [2.45, 2.75) is 6.92 Å². The van der Waals surface area contributed by atoms with E-state index in [0.717, 1.165) is 0 Å². The number of carbonyl (C=O) groups is 2. The lowest BCUT2D eigenvalue weighted by atomic mass is 10.1. The van der Waals surface area contributed by atoms with Crippen molar-refractivity contribution < 1.29 is 9.59 Å². The van der Waals surface area contributed by atoms with Gasteiger partial charge in [0.15, 0.2) is 0 Å². The Morgan fingerprint density at radius 1 is 1.36 bits per heavy atom. The third kappa shape index (κ3) is 0.937. The number of ketones is 1. The number of hydrogen-bond donors (Lipinski definition) is 1. The maximum atomic E-state index is 11.5. The predicted octanol–water partition coefficient (Wildman–Crippen LogP) is 0.818. The first kappa shape index (κ1) is 8.74. The molecular formula is C10H10N2O2. The molecule has 1 aliphatic rings. The highest BCUT2D eigenvalue weighted by Gasteiger charge is 2.35. The summed E-state index contributed by atoms with van der Waals surface area (Å²) in [5.74, 6) is -0.949. The van der Waals surface area contributed by atoms with Gasteiger partial charge < -0.3 is 10.6 Å². The van der Waals surface area contributed by atoms with Gasteiger partial charge in [-0.15, -0.1) is 0 Å². The maximum absolute atomic E-state index is 11.5. The van der Waals surface area contributed by atoms with Gasteiger partial charge in [0.2, 0.25) is 0 Å². The van der Waals surface area contributed by atoms with E-state index in [2.05, 4.69) is 0 Å². The highest BCUT2D eigenvalue weighted by molar-refractivity contribution is 6.52. The fraction of sp³-hybridized carbons (Fsp3) is 0.200. The van der Waals surface area contributed by atoms with E-state index in [-0.39, 0.29) is 0 Å². The molecule has 0 aromatic heterocycles. The van der Waals surface area contributed by atoms with E-state index in [0.29, 0.717) is 23.5 Å². The molecule has 2 N–H and O–H groups in total. The number of anilines is 2. The number of carbonyl (C=O) groups excluding carboxylic acids is 2. The van der Waals surface area contributed by atoms with E-state index in [1.54, 1.807) is 18.2 Å². The molecule has 0 saturated carbocycles. The number of hydrogen-bond acceptors (Lipinski definition) is 3. The van der Waals surface area contributed by atoms with E-state index in [1.165, 1.54) is 4.90 Å². The van der Waals surface area contributed by atoms with E-state index in [1.807, 2.05) is 6.92 Å². The molecule has 2 rings (SSSR count). The second-order valence-electron chi connectivity index (χ2n) is 3.12. The van der Waals surface area contributed by atoms with Crippen molar-refractivity contribution in [1.82, 2.24) is 0 Å². The maximum Gasteiger partial charge on any atom is 0.299 e. The number of amides is 1. The topological polar surface area (TPSA) is 63.4 Å². The van der Waals surface area contributed by atoms with E-state index >= 15 is 0 Å². The molecule has 1 aromatic rings. The lowest BCUT2D eigenvalue weighted by Crippen LogP contribution is -2.29. The Bertz CT molecular complexity index is 426. The summed E-state index contributed by atoms with van der Waals surface area (Å²) in [6.45, 7) is 2.28. The predicted molar refractivity (Wildman–Crippen MR) is 53.2 cm³/mol. The van der Waals surface area contributed by atoms with Crippen molar-refractivity contribution in [3.05, 3.63) is 23.8 Å². The molecular weight excluding hydrogens is 180 g/mol. The molecule has 1 heterocycles. The van der Waals surface area contributed by atoms with Crippen molar-refractivity contribution >= 4 is 23.1 Å². The second-order valence-corrected chi connectivity index (χ2v) is 3.12. The summed E-state index contributed by atoms with van der Waals surface area (Å²) in [4.78, 5) is 24.3. The van der Waals surface area contributed by atoms with Crippen LogP contribution in [-0.2, 0) is 4.79 Å². The molecule has 72 valence electrons. The summed E-state index contributed by atoms with van der Waals surface area (Å²) in [5, 5.41) is 0. The summed E-state index contributed by atoms with van der Waals surface area (Å²) >= 11 is 0. The molecule has 4 heteroatoms. The van der Waals surface area contributed by atoms with Crippen LogP contribution in [0.5, 0.6) is 0 Å². The lowest BCUT2D eigenvalue weighted by molar-refractivity contribution is -0.114. The highest BCUT2D eigenvalue weighted by Crippen LogP contribution is 2.33. The van der Waals surface area contributed by atoms with Crippen LogP contribution in [0.15, 0.2) is 18.2 Å². The minimum atomic E-state index is -0.486. The Morgan fingerprint density at radius 3 is 2.71 bits per heavy atom. The molecule has 0 unspecified atom stereocenters. The highest BCUT2D eigenvalue weighted by atomic mass is 16.2. The van der Waals surface area contributed by atoms with Crippen LogP contribution in [0.3, 0.4) is 0 Å². The number of rotatable bonds is 1.